The molecule has 4 heteroatoms. The zero-order valence-corrected chi connectivity index (χ0v) is 11.4. The Balaban J connectivity index is 2.78. The van der Waals surface area contributed by atoms with Crippen LogP contribution in [0.3, 0.4) is 0 Å². The Morgan fingerprint density at radius 1 is 1.39 bits per heavy atom. The van der Waals surface area contributed by atoms with Gasteiger partial charge in [0, 0.05) is 20.2 Å². The molecule has 0 aliphatic rings. The predicted molar refractivity (Wildman–Crippen MR) is 72.3 cm³/mol. The van der Waals surface area contributed by atoms with E-state index < -0.39 is 0 Å². The van der Waals surface area contributed by atoms with Gasteiger partial charge >= 0.3 is 0 Å². The number of carbonyl (C=O) groups excluding carboxylic acids is 1. The highest BCUT2D eigenvalue weighted by atomic mass is 16.5. The quantitative estimate of drug-likeness (QED) is 0.826. The van der Waals surface area contributed by atoms with Crippen molar-refractivity contribution < 1.29 is 9.53 Å². The summed E-state index contributed by atoms with van der Waals surface area (Å²) in [5.74, 6) is -0.0491. The topological polar surface area (TPSA) is 55.6 Å². The van der Waals surface area contributed by atoms with Crippen LogP contribution < -0.4 is 5.73 Å². The van der Waals surface area contributed by atoms with Crippen molar-refractivity contribution in [2.24, 2.45) is 5.73 Å². The van der Waals surface area contributed by atoms with Crippen LogP contribution in [0.1, 0.15) is 16.7 Å². The maximum atomic E-state index is 11.7. The maximum Gasteiger partial charge on any atom is 0.236 e. The molecule has 0 aliphatic heterocycles. The molecule has 100 valence electrons. The van der Waals surface area contributed by atoms with Crippen LogP contribution in [0.5, 0.6) is 0 Å². The molecule has 0 atom stereocenters. The van der Waals surface area contributed by atoms with Gasteiger partial charge in [-0.3, -0.25) is 4.79 Å². The van der Waals surface area contributed by atoms with Gasteiger partial charge in [0.25, 0.3) is 0 Å². The summed E-state index contributed by atoms with van der Waals surface area (Å²) >= 11 is 0. The van der Waals surface area contributed by atoms with E-state index in [0.717, 1.165) is 5.56 Å². The zero-order chi connectivity index (χ0) is 13.5. The fourth-order valence-electron chi connectivity index (χ4n) is 1.85. The third-order valence-electron chi connectivity index (χ3n) is 2.95. The number of ether oxygens (including phenoxy) is 1. The average Bonchev–Trinajstić information content (AvgIpc) is 2.36. The van der Waals surface area contributed by atoms with E-state index in [1.54, 1.807) is 12.0 Å². The van der Waals surface area contributed by atoms with Crippen molar-refractivity contribution in [2.45, 2.75) is 20.4 Å². The molecule has 0 saturated carbocycles. The number of hydrogen-bond acceptors (Lipinski definition) is 3. The van der Waals surface area contributed by atoms with Crippen molar-refractivity contribution in [2.75, 3.05) is 26.8 Å². The molecule has 0 saturated heterocycles. The van der Waals surface area contributed by atoms with Crippen LogP contribution in [0, 0.1) is 13.8 Å². The van der Waals surface area contributed by atoms with Crippen molar-refractivity contribution in [3.63, 3.8) is 0 Å². The van der Waals surface area contributed by atoms with E-state index in [1.807, 2.05) is 0 Å². The molecule has 1 rings (SSSR count). The first-order valence-electron chi connectivity index (χ1n) is 6.11. The Labute approximate surface area is 109 Å². The monoisotopic (exact) mass is 250 g/mol. The molecule has 0 spiro atoms. The number of hydrogen-bond donors (Lipinski definition) is 1. The lowest BCUT2D eigenvalue weighted by molar-refractivity contribution is -0.130. The lowest BCUT2D eigenvalue weighted by Crippen LogP contribution is -2.37. The van der Waals surface area contributed by atoms with Gasteiger partial charge in [-0.2, -0.15) is 0 Å². The van der Waals surface area contributed by atoms with Crippen molar-refractivity contribution >= 4 is 5.91 Å². The first kappa shape index (κ1) is 14.7. The molecule has 0 fully saturated rings. The lowest BCUT2D eigenvalue weighted by Gasteiger charge is -2.23. The maximum absolute atomic E-state index is 11.7. The Kier molecular flexibility index (Phi) is 5.82. The average molecular weight is 250 g/mol. The van der Waals surface area contributed by atoms with E-state index in [4.69, 9.17) is 10.5 Å². The van der Waals surface area contributed by atoms with Crippen LogP contribution in [0.25, 0.3) is 0 Å². The smallest absolute Gasteiger partial charge is 0.236 e. The summed E-state index contributed by atoms with van der Waals surface area (Å²) in [6, 6.07) is 6.24. The van der Waals surface area contributed by atoms with Gasteiger partial charge in [-0.15, -0.1) is 0 Å². The summed E-state index contributed by atoms with van der Waals surface area (Å²) in [6.07, 6.45) is 0. The van der Waals surface area contributed by atoms with Crippen molar-refractivity contribution in [3.05, 3.63) is 34.9 Å². The molecule has 0 radical (unpaired) electrons. The summed E-state index contributed by atoms with van der Waals surface area (Å²) in [6.45, 7) is 5.84. The van der Waals surface area contributed by atoms with E-state index in [-0.39, 0.29) is 12.5 Å². The van der Waals surface area contributed by atoms with Gasteiger partial charge in [-0.05, 0) is 25.0 Å². The SMILES string of the molecule is COCCN(Cc1ccc(C)cc1C)C(=O)CN. The molecule has 1 amide bonds. The minimum atomic E-state index is -0.0491. The summed E-state index contributed by atoms with van der Waals surface area (Å²) in [5, 5.41) is 0. The van der Waals surface area contributed by atoms with Crippen LogP contribution in [0.2, 0.25) is 0 Å². The minimum Gasteiger partial charge on any atom is -0.383 e. The summed E-state index contributed by atoms with van der Waals surface area (Å²) < 4.78 is 5.02. The molecule has 1 aromatic rings. The second-order valence-electron chi connectivity index (χ2n) is 4.44. The fraction of sp³-hybridized carbons (Fsp3) is 0.500. The van der Waals surface area contributed by atoms with Crippen molar-refractivity contribution in [1.82, 2.24) is 4.90 Å². The number of aryl methyl sites for hydroxylation is 2. The lowest BCUT2D eigenvalue weighted by atomic mass is 10.1. The van der Waals surface area contributed by atoms with Gasteiger partial charge in [0.15, 0.2) is 0 Å². The first-order valence-corrected chi connectivity index (χ1v) is 6.11. The largest absolute Gasteiger partial charge is 0.383 e. The highest BCUT2D eigenvalue weighted by molar-refractivity contribution is 5.78. The molecule has 0 aliphatic carbocycles. The van der Waals surface area contributed by atoms with E-state index in [2.05, 4.69) is 32.0 Å². The normalized spacial score (nSPS) is 10.4. The molecule has 0 unspecified atom stereocenters. The van der Waals surface area contributed by atoms with Gasteiger partial charge < -0.3 is 15.4 Å². The Morgan fingerprint density at radius 3 is 2.67 bits per heavy atom. The van der Waals surface area contributed by atoms with E-state index >= 15 is 0 Å². The second-order valence-corrected chi connectivity index (χ2v) is 4.44. The molecule has 4 nitrogen and oxygen atoms in total. The molecule has 0 aromatic heterocycles. The predicted octanol–water partition coefficient (Wildman–Crippen LogP) is 1.24. The standard InChI is InChI=1S/C14H22N2O2/c1-11-4-5-13(12(2)8-11)10-16(6-7-18-3)14(17)9-15/h4-5,8H,6-7,9-10,15H2,1-3H3. The second kappa shape index (κ2) is 7.13. The third-order valence-corrected chi connectivity index (χ3v) is 2.95. The zero-order valence-electron chi connectivity index (χ0n) is 11.4. The van der Waals surface area contributed by atoms with Crippen LogP contribution in [-0.4, -0.2) is 37.6 Å². The summed E-state index contributed by atoms with van der Waals surface area (Å²) in [7, 11) is 1.63. The van der Waals surface area contributed by atoms with E-state index in [1.165, 1.54) is 11.1 Å². The van der Waals surface area contributed by atoms with Gasteiger partial charge in [-0.25, -0.2) is 0 Å². The minimum absolute atomic E-state index is 0.0363. The number of amides is 1. The highest BCUT2D eigenvalue weighted by Gasteiger charge is 2.13. The van der Waals surface area contributed by atoms with Crippen LogP contribution in [0.15, 0.2) is 18.2 Å². The number of nitrogens with zero attached hydrogens (tertiary/aromatic N) is 1. The van der Waals surface area contributed by atoms with Gasteiger partial charge in [-0.1, -0.05) is 23.8 Å². The molecule has 0 heterocycles. The van der Waals surface area contributed by atoms with Crippen LogP contribution in [-0.2, 0) is 16.1 Å². The highest BCUT2D eigenvalue weighted by Crippen LogP contribution is 2.13. The molecule has 1 aromatic carbocycles. The molecule has 18 heavy (non-hydrogen) atoms. The summed E-state index contributed by atoms with van der Waals surface area (Å²) in [4.78, 5) is 13.5. The molecular weight excluding hydrogens is 228 g/mol. The van der Waals surface area contributed by atoms with Gasteiger partial charge in [0.1, 0.15) is 0 Å². The van der Waals surface area contributed by atoms with Crippen LogP contribution in [0.4, 0.5) is 0 Å². The number of nitrogens with two attached hydrogens (primary N) is 1. The Morgan fingerprint density at radius 2 is 2.11 bits per heavy atom. The Bertz CT molecular complexity index is 405. The number of methoxy groups -OCH3 is 1. The third kappa shape index (κ3) is 4.13. The first-order chi connectivity index (χ1) is 8.58. The summed E-state index contributed by atoms with van der Waals surface area (Å²) in [5.41, 5.74) is 9.00. The Hall–Kier alpha value is -1.39. The van der Waals surface area contributed by atoms with Crippen molar-refractivity contribution in [1.29, 1.82) is 0 Å². The number of carbonyl (C=O) groups is 1. The number of benzene rings is 1. The molecular formula is C14H22N2O2. The number of rotatable bonds is 6. The van der Waals surface area contributed by atoms with E-state index in [0.29, 0.717) is 19.7 Å². The van der Waals surface area contributed by atoms with E-state index in [9.17, 15) is 4.79 Å². The van der Waals surface area contributed by atoms with Gasteiger partial charge in [0.05, 0.1) is 13.2 Å². The van der Waals surface area contributed by atoms with Gasteiger partial charge in [0.2, 0.25) is 5.91 Å². The van der Waals surface area contributed by atoms with Crippen molar-refractivity contribution in [3.8, 4) is 0 Å². The van der Waals surface area contributed by atoms with Crippen LogP contribution >= 0.6 is 0 Å². The fourth-order valence-corrected chi connectivity index (χ4v) is 1.85. The molecule has 2 N–H and O–H groups in total. The molecule has 0 bridgehead atoms.